The molecular weight excluding hydrogens is 294 g/mol. The summed E-state index contributed by atoms with van der Waals surface area (Å²) in [6.45, 7) is 0.946. The van der Waals surface area contributed by atoms with Crippen LogP contribution in [0.5, 0.6) is 0 Å². The van der Waals surface area contributed by atoms with Crippen LogP contribution in [0.4, 0.5) is 5.69 Å². The summed E-state index contributed by atoms with van der Waals surface area (Å²) in [5.74, 6) is 0.453. The van der Waals surface area contributed by atoms with Gasteiger partial charge in [-0.15, -0.1) is 0 Å². The molecule has 8 heteroatoms. The predicted octanol–water partition coefficient (Wildman–Crippen LogP) is 1.99. The maximum Gasteiger partial charge on any atom is 0.287 e. The van der Waals surface area contributed by atoms with Crippen LogP contribution in [0.1, 0.15) is 19.3 Å². The number of rotatable bonds is 4. The minimum absolute atomic E-state index is 0.0536. The molecule has 0 amide bonds. The lowest BCUT2D eigenvalue weighted by Crippen LogP contribution is -2.38. The second-order valence-corrected chi connectivity index (χ2v) is 6.42. The summed E-state index contributed by atoms with van der Waals surface area (Å²) in [4.78, 5) is 14.4. The van der Waals surface area contributed by atoms with Gasteiger partial charge in [-0.2, -0.15) is 0 Å². The highest BCUT2D eigenvalue weighted by molar-refractivity contribution is 7.84. The Balaban J connectivity index is 1.79. The highest BCUT2D eigenvalue weighted by Crippen LogP contribution is 2.23. The Morgan fingerprint density at radius 1 is 1.48 bits per heavy atom. The predicted molar refractivity (Wildman–Crippen MR) is 77.6 cm³/mol. The Morgan fingerprint density at radius 2 is 2.33 bits per heavy atom. The highest BCUT2D eigenvalue weighted by atomic mass is 32.2. The van der Waals surface area contributed by atoms with Crippen molar-refractivity contribution >= 4 is 27.6 Å². The number of hydrogen-bond acceptors (Lipinski definition) is 6. The first-order valence-electron chi connectivity index (χ1n) is 6.80. The van der Waals surface area contributed by atoms with E-state index in [1.54, 1.807) is 0 Å². The minimum atomic E-state index is -1.34. The third-order valence-electron chi connectivity index (χ3n) is 3.52. The highest BCUT2D eigenvalue weighted by Gasteiger charge is 2.20. The summed E-state index contributed by atoms with van der Waals surface area (Å²) in [5.41, 5.74) is 0.729. The molecule has 7 nitrogen and oxygen atoms in total. The van der Waals surface area contributed by atoms with Crippen molar-refractivity contribution in [1.82, 2.24) is 10.3 Å². The number of fused-ring (bicyclic) bond motifs is 1. The van der Waals surface area contributed by atoms with Crippen LogP contribution in [0, 0.1) is 10.1 Å². The lowest BCUT2D eigenvalue weighted by atomic mass is 10.1. The van der Waals surface area contributed by atoms with Gasteiger partial charge in [-0.3, -0.25) is 10.1 Å². The van der Waals surface area contributed by atoms with E-state index in [2.05, 4.69) is 10.3 Å². The molecule has 1 aromatic heterocycles. The van der Waals surface area contributed by atoms with Crippen LogP contribution in [0.3, 0.4) is 0 Å². The van der Waals surface area contributed by atoms with E-state index in [-0.39, 0.29) is 17.0 Å². The number of hydrogen-bond donors (Lipinski definition) is 1. The summed E-state index contributed by atoms with van der Waals surface area (Å²) in [6, 6.07) is 4.38. The standard InChI is InChI=1S/C13H15N3O4S/c17-16(18)10-4-5-12-11(7-10)15-13(20-12)21(19)8-9-3-1-2-6-14-9/h4-5,7,9,14H,1-3,6,8H2/t9-,21+/m0/s1. The lowest BCUT2D eigenvalue weighted by molar-refractivity contribution is -0.384. The van der Waals surface area contributed by atoms with Gasteiger partial charge in [0.1, 0.15) is 16.3 Å². The molecular formula is C13H15N3O4S. The van der Waals surface area contributed by atoms with Crippen molar-refractivity contribution in [3.05, 3.63) is 28.3 Å². The fourth-order valence-corrected chi connectivity index (χ4v) is 3.60. The van der Waals surface area contributed by atoms with Crippen LogP contribution < -0.4 is 5.32 Å². The molecule has 2 heterocycles. The van der Waals surface area contributed by atoms with Crippen LogP contribution in [-0.4, -0.2) is 32.5 Å². The van der Waals surface area contributed by atoms with Crippen molar-refractivity contribution in [1.29, 1.82) is 0 Å². The fraction of sp³-hybridized carbons (Fsp3) is 0.462. The third kappa shape index (κ3) is 3.11. The molecule has 3 rings (SSSR count). The quantitative estimate of drug-likeness (QED) is 0.685. The summed E-state index contributed by atoms with van der Waals surface area (Å²) in [6.07, 6.45) is 3.28. The first kappa shape index (κ1) is 14.2. The topological polar surface area (TPSA) is 98.3 Å². The molecule has 0 spiro atoms. The maximum absolute atomic E-state index is 12.3. The van der Waals surface area contributed by atoms with Crippen molar-refractivity contribution in [2.24, 2.45) is 0 Å². The summed E-state index contributed by atoms with van der Waals surface area (Å²) in [7, 11) is -1.34. The normalized spacial score (nSPS) is 20.5. The Hall–Kier alpha value is -1.80. The molecule has 21 heavy (non-hydrogen) atoms. The van der Waals surface area contributed by atoms with E-state index in [0.717, 1.165) is 25.8 Å². The number of nitrogens with one attached hydrogen (secondary N) is 1. The largest absolute Gasteiger partial charge is 0.430 e. The molecule has 1 aliphatic rings. The second-order valence-electron chi connectivity index (χ2n) is 5.05. The zero-order valence-corrected chi connectivity index (χ0v) is 12.1. The van der Waals surface area contributed by atoms with E-state index >= 15 is 0 Å². The first-order valence-corrected chi connectivity index (χ1v) is 8.12. The Kier molecular flexibility index (Phi) is 3.98. The maximum atomic E-state index is 12.3. The molecule has 112 valence electrons. The number of benzene rings is 1. The van der Waals surface area contributed by atoms with E-state index < -0.39 is 15.7 Å². The van der Waals surface area contributed by atoms with Crippen LogP contribution in [0.25, 0.3) is 11.1 Å². The van der Waals surface area contributed by atoms with Crippen LogP contribution in [0.2, 0.25) is 0 Å². The van der Waals surface area contributed by atoms with Gasteiger partial charge in [-0.05, 0) is 25.5 Å². The van der Waals surface area contributed by atoms with Gasteiger partial charge in [0.15, 0.2) is 5.58 Å². The van der Waals surface area contributed by atoms with Gasteiger partial charge in [0.05, 0.1) is 4.92 Å². The molecule has 1 aliphatic heterocycles. The van der Waals surface area contributed by atoms with Gasteiger partial charge >= 0.3 is 0 Å². The third-order valence-corrected chi connectivity index (χ3v) is 4.79. The van der Waals surface area contributed by atoms with E-state index in [0.29, 0.717) is 16.9 Å². The molecule has 0 unspecified atom stereocenters. The summed E-state index contributed by atoms with van der Waals surface area (Å²) < 4.78 is 17.7. The molecule has 2 aromatic rings. The molecule has 1 aromatic carbocycles. The van der Waals surface area contributed by atoms with Crippen LogP contribution in [-0.2, 0) is 10.8 Å². The number of non-ortho nitro benzene ring substituents is 1. The minimum Gasteiger partial charge on any atom is -0.430 e. The van der Waals surface area contributed by atoms with Gasteiger partial charge in [-0.25, -0.2) is 9.19 Å². The van der Waals surface area contributed by atoms with E-state index in [4.69, 9.17) is 4.42 Å². The second kappa shape index (κ2) is 5.90. The van der Waals surface area contributed by atoms with Crippen molar-refractivity contribution in [2.75, 3.05) is 12.3 Å². The van der Waals surface area contributed by atoms with Crippen molar-refractivity contribution in [2.45, 2.75) is 30.5 Å². The Labute approximate surface area is 123 Å². The zero-order valence-electron chi connectivity index (χ0n) is 11.3. The number of oxazole rings is 1. The number of nitrogens with zero attached hydrogens (tertiary/aromatic N) is 2. The number of aromatic nitrogens is 1. The molecule has 0 aliphatic carbocycles. The van der Waals surface area contributed by atoms with Crippen LogP contribution >= 0.6 is 0 Å². The summed E-state index contributed by atoms with van der Waals surface area (Å²) in [5, 5.41) is 14.2. The first-order chi connectivity index (χ1) is 10.1. The van der Waals surface area contributed by atoms with Crippen LogP contribution in [0.15, 0.2) is 27.8 Å². The van der Waals surface area contributed by atoms with Crippen molar-refractivity contribution in [3.63, 3.8) is 0 Å². The Bertz CT molecular complexity index is 694. The average Bonchev–Trinajstić information content (AvgIpc) is 2.91. The smallest absolute Gasteiger partial charge is 0.287 e. The van der Waals surface area contributed by atoms with Crippen molar-refractivity contribution in [3.8, 4) is 0 Å². The van der Waals surface area contributed by atoms with E-state index in [1.807, 2.05) is 0 Å². The zero-order chi connectivity index (χ0) is 14.8. The van der Waals surface area contributed by atoms with Gasteiger partial charge in [0.2, 0.25) is 0 Å². The summed E-state index contributed by atoms with van der Waals surface area (Å²) >= 11 is 0. The van der Waals surface area contributed by atoms with Crippen molar-refractivity contribution < 1.29 is 13.5 Å². The fourth-order valence-electron chi connectivity index (χ4n) is 2.43. The van der Waals surface area contributed by atoms with Gasteiger partial charge < -0.3 is 9.73 Å². The molecule has 1 saturated heterocycles. The molecule has 1 fully saturated rings. The van der Waals surface area contributed by atoms with E-state index in [1.165, 1.54) is 18.2 Å². The van der Waals surface area contributed by atoms with Gasteiger partial charge in [-0.1, -0.05) is 6.42 Å². The number of nitro groups is 1. The molecule has 2 atom stereocenters. The van der Waals surface area contributed by atoms with E-state index in [9.17, 15) is 14.3 Å². The molecule has 0 bridgehead atoms. The Morgan fingerprint density at radius 3 is 3.05 bits per heavy atom. The SMILES string of the molecule is O=[N+]([O-])c1ccc2oc([S@](=O)C[C@@H]3CCCCN3)nc2c1. The lowest BCUT2D eigenvalue weighted by Gasteiger charge is -2.22. The molecule has 0 saturated carbocycles. The monoisotopic (exact) mass is 309 g/mol. The number of piperidine rings is 1. The molecule has 1 N–H and O–H groups in total. The average molecular weight is 309 g/mol. The number of nitro benzene ring substituents is 1. The van der Waals surface area contributed by atoms with Gasteiger partial charge in [0, 0.05) is 23.9 Å². The van der Waals surface area contributed by atoms with Gasteiger partial charge in [0.25, 0.3) is 10.9 Å². The molecule has 0 radical (unpaired) electrons.